The molecule has 3 unspecified atom stereocenters. The molecule has 0 saturated heterocycles. The normalized spacial score (nSPS) is 44.2. The van der Waals surface area contributed by atoms with Gasteiger partial charge in [-0.25, -0.2) is 0 Å². The van der Waals surface area contributed by atoms with Crippen molar-refractivity contribution in [2.45, 2.75) is 26.7 Å². The van der Waals surface area contributed by atoms with Crippen LogP contribution < -0.4 is 0 Å². The Hall–Kier alpha value is -0.520. The maximum atomic E-state index is 2.43. The molecule has 0 N–H and O–H groups in total. The van der Waals surface area contributed by atoms with Crippen molar-refractivity contribution in [3.63, 3.8) is 0 Å². The standard InChI is InChI=1S/C11H16/c1-3-4-11-9-5-6-10(11)8(2)7-9/h4-6,8-10H,3,7H2,1-2H3. The van der Waals surface area contributed by atoms with Crippen LogP contribution in [0.25, 0.3) is 0 Å². The van der Waals surface area contributed by atoms with Gasteiger partial charge in [-0.05, 0) is 24.7 Å². The van der Waals surface area contributed by atoms with Crippen molar-refractivity contribution < 1.29 is 0 Å². The molecule has 0 aliphatic heterocycles. The molecule has 0 aromatic heterocycles. The van der Waals surface area contributed by atoms with Gasteiger partial charge in [-0.3, -0.25) is 0 Å². The summed E-state index contributed by atoms with van der Waals surface area (Å²) >= 11 is 0. The van der Waals surface area contributed by atoms with Gasteiger partial charge in [0.25, 0.3) is 0 Å². The molecule has 0 heterocycles. The van der Waals surface area contributed by atoms with Crippen molar-refractivity contribution in [1.29, 1.82) is 0 Å². The van der Waals surface area contributed by atoms with E-state index in [1.54, 1.807) is 5.57 Å². The summed E-state index contributed by atoms with van der Waals surface area (Å²) in [6, 6.07) is 0. The van der Waals surface area contributed by atoms with Gasteiger partial charge in [0.15, 0.2) is 0 Å². The molecule has 60 valence electrons. The number of rotatable bonds is 1. The first kappa shape index (κ1) is 7.15. The van der Waals surface area contributed by atoms with E-state index in [1.165, 1.54) is 12.8 Å². The summed E-state index contributed by atoms with van der Waals surface area (Å²) in [6.07, 6.45) is 9.83. The number of fused-ring (bicyclic) bond motifs is 2. The molecule has 1 saturated carbocycles. The van der Waals surface area contributed by atoms with E-state index in [2.05, 4.69) is 32.1 Å². The minimum atomic E-state index is 0.806. The second-order valence-corrected chi connectivity index (χ2v) is 3.84. The van der Waals surface area contributed by atoms with E-state index in [0.29, 0.717) is 0 Å². The van der Waals surface area contributed by atoms with Gasteiger partial charge in [-0.2, -0.15) is 0 Å². The highest BCUT2D eigenvalue weighted by molar-refractivity contribution is 5.33. The van der Waals surface area contributed by atoms with Gasteiger partial charge in [-0.1, -0.05) is 37.6 Å². The van der Waals surface area contributed by atoms with Crippen LogP contribution in [0.15, 0.2) is 23.8 Å². The first-order valence-electron chi connectivity index (χ1n) is 4.71. The van der Waals surface area contributed by atoms with Gasteiger partial charge in [0.2, 0.25) is 0 Å². The Bertz CT molecular complexity index is 210. The minimum Gasteiger partial charge on any atom is -0.0844 e. The van der Waals surface area contributed by atoms with E-state index in [0.717, 1.165) is 17.8 Å². The molecule has 0 nitrogen and oxygen atoms in total. The van der Waals surface area contributed by atoms with Gasteiger partial charge < -0.3 is 0 Å². The fourth-order valence-corrected chi connectivity index (χ4v) is 2.53. The monoisotopic (exact) mass is 148 g/mol. The zero-order chi connectivity index (χ0) is 7.84. The summed E-state index contributed by atoms with van der Waals surface area (Å²) in [5.74, 6) is 2.53. The predicted octanol–water partition coefficient (Wildman–Crippen LogP) is 3.16. The largest absolute Gasteiger partial charge is 0.0844 e. The molecule has 0 amide bonds. The van der Waals surface area contributed by atoms with Crippen molar-refractivity contribution in [3.05, 3.63) is 23.8 Å². The fourth-order valence-electron chi connectivity index (χ4n) is 2.53. The fraction of sp³-hybridized carbons (Fsp3) is 0.636. The summed E-state index contributed by atoms with van der Waals surface area (Å²) in [5, 5.41) is 0. The number of hydrogen-bond donors (Lipinski definition) is 0. The molecule has 2 aliphatic rings. The Morgan fingerprint density at radius 1 is 1.55 bits per heavy atom. The Balaban J connectivity index is 2.24. The molecule has 0 heteroatoms. The highest BCUT2D eigenvalue weighted by Crippen LogP contribution is 2.47. The summed E-state index contributed by atoms with van der Waals surface area (Å²) in [6.45, 7) is 4.60. The van der Waals surface area contributed by atoms with Crippen LogP contribution in [-0.4, -0.2) is 0 Å². The van der Waals surface area contributed by atoms with E-state index >= 15 is 0 Å². The summed E-state index contributed by atoms with van der Waals surface area (Å²) in [7, 11) is 0. The lowest BCUT2D eigenvalue weighted by molar-refractivity contribution is 0.503. The van der Waals surface area contributed by atoms with E-state index in [9.17, 15) is 0 Å². The minimum absolute atomic E-state index is 0.806. The average molecular weight is 148 g/mol. The maximum Gasteiger partial charge on any atom is 0.000881 e. The molecule has 11 heavy (non-hydrogen) atoms. The summed E-state index contributed by atoms with van der Waals surface area (Å²) in [5.41, 5.74) is 1.71. The first-order chi connectivity index (χ1) is 5.33. The number of hydrogen-bond acceptors (Lipinski definition) is 0. The molecule has 2 aliphatic carbocycles. The van der Waals surface area contributed by atoms with Crippen molar-refractivity contribution >= 4 is 0 Å². The molecule has 2 bridgehead atoms. The van der Waals surface area contributed by atoms with Crippen LogP contribution in [0, 0.1) is 17.8 Å². The lowest BCUT2D eigenvalue weighted by Crippen LogP contribution is -2.00. The van der Waals surface area contributed by atoms with E-state index < -0.39 is 0 Å². The van der Waals surface area contributed by atoms with E-state index in [1.807, 2.05) is 0 Å². The van der Waals surface area contributed by atoms with E-state index in [-0.39, 0.29) is 0 Å². The van der Waals surface area contributed by atoms with Crippen LogP contribution in [0.1, 0.15) is 26.7 Å². The molecule has 0 spiro atoms. The third kappa shape index (κ3) is 0.962. The quantitative estimate of drug-likeness (QED) is 0.501. The van der Waals surface area contributed by atoms with Crippen molar-refractivity contribution in [2.75, 3.05) is 0 Å². The molecule has 1 fully saturated rings. The third-order valence-electron chi connectivity index (χ3n) is 3.04. The molecule has 0 aromatic carbocycles. The highest BCUT2D eigenvalue weighted by atomic mass is 14.4. The van der Waals surface area contributed by atoms with Crippen molar-refractivity contribution in [1.82, 2.24) is 0 Å². The average Bonchev–Trinajstić information content (AvgIpc) is 2.46. The lowest BCUT2D eigenvalue weighted by Gasteiger charge is -2.09. The predicted molar refractivity (Wildman–Crippen MR) is 48.3 cm³/mol. The Morgan fingerprint density at radius 3 is 2.82 bits per heavy atom. The Kier molecular flexibility index (Phi) is 1.63. The molecular formula is C11H16. The van der Waals surface area contributed by atoms with Crippen molar-refractivity contribution in [3.8, 4) is 0 Å². The van der Waals surface area contributed by atoms with Gasteiger partial charge >= 0.3 is 0 Å². The van der Waals surface area contributed by atoms with Crippen LogP contribution in [0.4, 0.5) is 0 Å². The number of allylic oxidation sites excluding steroid dienone is 4. The maximum absolute atomic E-state index is 2.43. The highest BCUT2D eigenvalue weighted by Gasteiger charge is 2.36. The zero-order valence-corrected chi connectivity index (χ0v) is 7.38. The van der Waals surface area contributed by atoms with Gasteiger partial charge in [0.05, 0.1) is 0 Å². The molecule has 3 atom stereocenters. The second kappa shape index (κ2) is 2.51. The lowest BCUT2D eigenvalue weighted by atomic mass is 9.95. The van der Waals surface area contributed by atoms with Crippen molar-refractivity contribution in [2.24, 2.45) is 17.8 Å². The van der Waals surface area contributed by atoms with Crippen LogP contribution in [0.5, 0.6) is 0 Å². The first-order valence-corrected chi connectivity index (χ1v) is 4.71. The van der Waals surface area contributed by atoms with Crippen LogP contribution in [0.2, 0.25) is 0 Å². The zero-order valence-electron chi connectivity index (χ0n) is 7.38. The second-order valence-electron chi connectivity index (χ2n) is 3.84. The van der Waals surface area contributed by atoms with Gasteiger partial charge in [-0.15, -0.1) is 0 Å². The van der Waals surface area contributed by atoms with E-state index in [4.69, 9.17) is 0 Å². The summed E-state index contributed by atoms with van der Waals surface area (Å²) in [4.78, 5) is 0. The van der Waals surface area contributed by atoms with Crippen LogP contribution in [0.3, 0.4) is 0 Å². The van der Waals surface area contributed by atoms with Gasteiger partial charge in [0, 0.05) is 5.92 Å². The molecular weight excluding hydrogens is 132 g/mol. The van der Waals surface area contributed by atoms with Crippen LogP contribution >= 0.6 is 0 Å². The molecule has 2 rings (SSSR count). The van der Waals surface area contributed by atoms with Gasteiger partial charge in [0.1, 0.15) is 0 Å². The van der Waals surface area contributed by atoms with Crippen LogP contribution in [-0.2, 0) is 0 Å². The smallest absolute Gasteiger partial charge is 0.000881 e. The Morgan fingerprint density at radius 2 is 2.36 bits per heavy atom. The SMILES string of the molecule is CCC=C1C2C=CC1C(C)C2. The topological polar surface area (TPSA) is 0 Å². The molecule has 0 aromatic rings. The molecule has 0 radical (unpaired) electrons. The Labute approximate surface area is 69.0 Å². The summed E-state index contributed by atoms with van der Waals surface area (Å²) < 4.78 is 0. The third-order valence-corrected chi connectivity index (χ3v) is 3.04.